The third-order valence-electron chi connectivity index (χ3n) is 4.65. The van der Waals surface area contributed by atoms with E-state index in [1.54, 1.807) is 43.6 Å². The topological polar surface area (TPSA) is 79.9 Å². The van der Waals surface area contributed by atoms with Crippen LogP contribution in [0.25, 0.3) is 33.4 Å². The molecule has 4 rings (SSSR count). The first-order valence-corrected chi connectivity index (χ1v) is 9.41. The number of anilines is 1. The molecule has 8 heteroatoms. The van der Waals surface area contributed by atoms with Crippen LogP contribution in [0.3, 0.4) is 0 Å². The van der Waals surface area contributed by atoms with Crippen molar-refractivity contribution in [2.75, 3.05) is 12.4 Å². The van der Waals surface area contributed by atoms with Crippen LogP contribution in [0.2, 0.25) is 0 Å². The Balaban J connectivity index is 1.80. The summed E-state index contributed by atoms with van der Waals surface area (Å²) in [6, 6.07) is 9.03. The largest absolute Gasteiger partial charge is 0.493 e. The van der Waals surface area contributed by atoms with Crippen LogP contribution >= 0.6 is 0 Å². The first-order chi connectivity index (χ1) is 15.0. The molecule has 31 heavy (non-hydrogen) atoms. The van der Waals surface area contributed by atoms with Crippen molar-refractivity contribution >= 4 is 22.8 Å². The number of benzene rings is 1. The van der Waals surface area contributed by atoms with Crippen molar-refractivity contribution in [3.8, 4) is 28.1 Å². The lowest BCUT2D eigenvalue weighted by Crippen LogP contribution is -2.09. The molecule has 3 aromatic heterocycles. The molecule has 0 aliphatic carbocycles. The molecule has 0 spiro atoms. The molecule has 0 aliphatic rings. The maximum atomic E-state index is 14.2. The van der Waals surface area contributed by atoms with Crippen LogP contribution in [0.4, 0.5) is 14.6 Å². The second-order valence-electron chi connectivity index (χ2n) is 6.69. The number of nitrogens with one attached hydrogen (secondary N) is 2. The lowest BCUT2D eigenvalue weighted by atomic mass is 10.0. The second kappa shape index (κ2) is 8.35. The predicted molar refractivity (Wildman–Crippen MR) is 115 cm³/mol. The first kappa shape index (κ1) is 20.2. The normalized spacial score (nSPS) is 11.2. The second-order valence-corrected chi connectivity index (χ2v) is 6.69. The molecule has 2 N–H and O–H groups in total. The van der Waals surface area contributed by atoms with Crippen LogP contribution in [0.15, 0.2) is 60.9 Å². The van der Waals surface area contributed by atoms with Crippen LogP contribution in [-0.2, 0) is 4.79 Å². The average Bonchev–Trinajstić information content (AvgIpc) is 3.16. The molecule has 156 valence electrons. The lowest BCUT2D eigenvalue weighted by Gasteiger charge is -2.10. The number of pyridine rings is 2. The molecule has 0 bridgehead atoms. The number of nitrogens with zero attached hydrogens (tertiary/aromatic N) is 2. The number of carbonyl (C=O) groups is 1. The molecule has 4 aromatic rings. The van der Waals surface area contributed by atoms with E-state index < -0.39 is 11.6 Å². The summed E-state index contributed by atoms with van der Waals surface area (Å²) >= 11 is 0. The third-order valence-corrected chi connectivity index (χ3v) is 4.65. The van der Waals surface area contributed by atoms with Gasteiger partial charge in [-0.1, -0.05) is 12.1 Å². The fraction of sp³-hybridized carbons (Fsp3) is 0.0870. The van der Waals surface area contributed by atoms with E-state index in [1.165, 1.54) is 19.3 Å². The molecule has 1 amide bonds. The summed E-state index contributed by atoms with van der Waals surface area (Å²) in [7, 11) is 1.33. The van der Waals surface area contributed by atoms with Crippen LogP contribution in [0.1, 0.15) is 6.92 Å². The molecule has 0 unspecified atom stereocenters. The molecule has 0 fully saturated rings. The zero-order chi connectivity index (χ0) is 22.0. The van der Waals surface area contributed by atoms with Crippen LogP contribution < -0.4 is 10.1 Å². The number of allylic oxidation sites excluding steroid dienone is 1. The van der Waals surface area contributed by atoms with E-state index in [4.69, 9.17) is 4.74 Å². The quantitative estimate of drug-likeness (QED) is 0.441. The molecule has 0 radical (unpaired) electrons. The van der Waals surface area contributed by atoms with E-state index in [9.17, 15) is 13.6 Å². The Hall–Kier alpha value is -4.07. The highest BCUT2D eigenvalue weighted by Crippen LogP contribution is 2.38. The fourth-order valence-electron chi connectivity index (χ4n) is 3.32. The Morgan fingerprint density at radius 3 is 2.81 bits per heavy atom. The Bertz CT molecular complexity index is 1310. The van der Waals surface area contributed by atoms with Crippen LogP contribution in [0.5, 0.6) is 5.75 Å². The van der Waals surface area contributed by atoms with Gasteiger partial charge < -0.3 is 15.0 Å². The highest BCUT2D eigenvalue weighted by molar-refractivity contribution is 5.99. The van der Waals surface area contributed by atoms with Crippen molar-refractivity contribution in [2.45, 2.75) is 6.92 Å². The number of hydrogen-bond donors (Lipinski definition) is 2. The summed E-state index contributed by atoms with van der Waals surface area (Å²) in [4.78, 5) is 23.7. The van der Waals surface area contributed by atoms with E-state index >= 15 is 0 Å². The van der Waals surface area contributed by atoms with Gasteiger partial charge in [-0.3, -0.25) is 4.79 Å². The summed E-state index contributed by atoms with van der Waals surface area (Å²) in [6.45, 7) is 1.75. The minimum Gasteiger partial charge on any atom is -0.493 e. The van der Waals surface area contributed by atoms with Gasteiger partial charge in [0.05, 0.1) is 12.8 Å². The van der Waals surface area contributed by atoms with Crippen molar-refractivity contribution in [2.24, 2.45) is 0 Å². The number of H-pyrrole nitrogens is 1. The van der Waals surface area contributed by atoms with Crippen molar-refractivity contribution in [3.05, 3.63) is 72.6 Å². The minimum atomic E-state index is -0.790. The minimum absolute atomic E-state index is 0.0560. The molecule has 1 aromatic carbocycles. The van der Waals surface area contributed by atoms with Crippen molar-refractivity contribution in [3.63, 3.8) is 0 Å². The van der Waals surface area contributed by atoms with Gasteiger partial charge in [0, 0.05) is 40.5 Å². The Kier molecular flexibility index (Phi) is 5.44. The van der Waals surface area contributed by atoms with Gasteiger partial charge in [-0.15, -0.1) is 0 Å². The van der Waals surface area contributed by atoms with Gasteiger partial charge in [0.1, 0.15) is 17.3 Å². The van der Waals surface area contributed by atoms with Crippen LogP contribution in [-0.4, -0.2) is 28.0 Å². The number of halogens is 2. The Morgan fingerprint density at radius 1 is 1.19 bits per heavy atom. The zero-order valence-electron chi connectivity index (χ0n) is 16.7. The van der Waals surface area contributed by atoms with Crippen molar-refractivity contribution in [1.82, 2.24) is 15.0 Å². The lowest BCUT2D eigenvalue weighted by molar-refractivity contribution is -0.111. The highest BCUT2D eigenvalue weighted by atomic mass is 19.1. The molecule has 6 nitrogen and oxygen atoms in total. The number of ether oxygens (including phenoxy) is 1. The molecule has 0 saturated heterocycles. The SMILES string of the molecule is CC=CC(=O)Nc1cccc(-c2cnc3[nH]cc(-c4cc(F)cc(F)c4OC)c3c2)n1. The summed E-state index contributed by atoms with van der Waals surface area (Å²) in [5.41, 5.74) is 2.61. The van der Waals surface area contributed by atoms with Crippen LogP contribution in [0, 0.1) is 11.6 Å². The third kappa shape index (κ3) is 4.00. The van der Waals surface area contributed by atoms with E-state index in [1.807, 2.05) is 6.07 Å². The number of fused-ring (bicyclic) bond motifs is 1. The van der Waals surface area contributed by atoms with Gasteiger partial charge in [-0.25, -0.2) is 18.7 Å². The van der Waals surface area contributed by atoms with Gasteiger partial charge >= 0.3 is 0 Å². The summed E-state index contributed by atoms with van der Waals surface area (Å²) < 4.78 is 33.3. The van der Waals surface area contributed by atoms with Gasteiger partial charge in [0.25, 0.3) is 0 Å². The van der Waals surface area contributed by atoms with E-state index in [2.05, 4.69) is 20.3 Å². The number of rotatable bonds is 5. The Morgan fingerprint density at radius 2 is 2.03 bits per heavy atom. The summed E-state index contributed by atoms with van der Waals surface area (Å²) in [6.07, 6.45) is 6.29. The van der Waals surface area contributed by atoms with Gasteiger partial charge in [0.2, 0.25) is 5.91 Å². The fourth-order valence-corrected chi connectivity index (χ4v) is 3.32. The van der Waals surface area contributed by atoms with E-state index in [0.717, 1.165) is 6.07 Å². The molecule has 0 saturated carbocycles. The molecule has 0 atom stereocenters. The first-order valence-electron chi connectivity index (χ1n) is 9.41. The number of aromatic amines is 1. The molecular formula is C23H18F2N4O2. The maximum absolute atomic E-state index is 14.2. The number of methoxy groups -OCH3 is 1. The summed E-state index contributed by atoms with van der Waals surface area (Å²) in [5, 5.41) is 3.33. The number of aromatic nitrogens is 3. The van der Waals surface area contributed by atoms with Crippen molar-refractivity contribution in [1.29, 1.82) is 0 Å². The number of carbonyl (C=O) groups excluding carboxylic acids is 1. The predicted octanol–water partition coefficient (Wildman–Crippen LogP) is 5.09. The standard InChI is InChI=1S/C23H18F2N4O2/c1-3-5-21(30)29-20-7-4-6-19(28-20)13-8-16-17(12-27-23(16)26-11-13)15-9-14(24)10-18(25)22(15)31-2/h3-12H,1-2H3,(H,26,27)(H,28,29,30). The Labute approximate surface area is 176 Å². The van der Waals surface area contributed by atoms with Gasteiger partial charge in [-0.05, 0) is 37.3 Å². The smallest absolute Gasteiger partial charge is 0.249 e. The van der Waals surface area contributed by atoms with Crippen molar-refractivity contribution < 1.29 is 18.3 Å². The van der Waals surface area contributed by atoms with E-state index in [-0.39, 0.29) is 17.2 Å². The molecule has 3 heterocycles. The molecule has 0 aliphatic heterocycles. The van der Waals surface area contributed by atoms with E-state index in [0.29, 0.717) is 33.7 Å². The van der Waals surface area contributed by atoms with Gasteiger partial charge in [-0.2, -0.15) is 0 Å². The zero-order valence-corrected chi connectivity index (χ0v) is 16.7. The molecular weight excluding hydrogens is 402 g/mol. The van der Waals surface area contributed by atoms with Gasteiger partial charge in [0.15, 0.2) is 11.6 Å². The number of hydrogen-bond acceptors (Lipinski definition) is 4. The maximum Gasteiger partial charge on any atom is 0.249 e. The average molecular weight is 420 g/mol. The summed E-state index contributed by atoms with van der Waals surface area (Å²) in [5.74, 6) is -1.45. The number of amides is 1. The highest BCUT2D eigenvalue weighted by Gasteiger charge is 2.18. The monoisotopic (exact) mass is 420 g/mol.